The quantitative estimate of drug-likeness (QED) is 0.279. The van der Waals surface area contributed by atoms with Crippen LogP contribution in [0.3, 0.4) is 0 Å². The van der Waals surface area contributed by atoms with E-state index in [1.54, 1.807) is 30.0 Å². The number of ether oxygens (including phenoxy) is 1. The molecule has 0 aromatic heterocycles. The van der Waals surface area contributed by atoms with Crippen molar-refractivity contribution in [3.8, 4) is 5.75 Å². The van der Waals surface area contributed by atoms with Gasteiger partial charge < -0.3 is 9.64 Å². The van der Waals surface area contributed by atoms with Crippen molar-refractivity contribution in [3.63, 3.8) is 0 Å². The van der Waals surface area contributed by atoms with E-state index in [0.717, 1.165) is 16.8 Å². The molecule has 3 aliphatic rings. The maximum Gasteiger partial charge on any atom is 0.316 e. The number of nitrogens with zero attached hydrogens (tertiary/aromatic N) is 2. The van der Waals surface area contributed by atoms with E-state index in [0.29, 0.717) is 23.4 Å². The highest BCUT2D eigenvalue weighted by Crippen LogP contribution is 2.41. The first kappa shape index (κ1) is 24.0. The second kappa shape index (κ2) is 9.04. The van der Waals surface area contributed by atoms with Crippen molar-refractivity contribution in [3.05, 3.63) is 65.2 Å². The number of benzene rings is 2. The summed E-state index contributed by atoms with van der Waals surface area (Å²) in [5.74, 6) is -1.82. The molecular weight excluding hydrogens is 456 g/mol. The van der Waals surface area contributed by atoms with Crippen molar-refractivity contribution in [1.29, 1.82) is 0 Å². The minimum atomic E-state index is -0.572. The SMILES string of the molecule is Cc1cc(C)cc(N2C[C@H](C(=O)Oc3ccc(N4C(=O)[C@H]5[C@@H](C)C=CC[C@H]5C4=O)c(C)c3)CC2=O)c1. The molecule has 0 N–H and O–H groups in total. The van der Waals surface area contributed by atoms with Gasteiger partial charge in [-0.05, 0) is 80.1 Å². The summed E-state index contributed by atoms with van der Waals surface area (Å²) < 4.78 is 5.63. The van der Waals surface area contributed by atoms with Gasteiger partial charge in [0.1, 0.15) is 5.75 Å². The Morgan fingerprint density at radius 1 is 0.972 bits per heavy atom. The Balaban J connectivity index is 1.29. The zero-order chi connectivity index (χ0) is 25.7. The van der Waals surface area contributed by atoms with Gasteiger partial charge in [-0.2, -0.15) is 0 Å². The summed E-state index contributed by atoms with van der Waals surface area (Å²) in [6, 6.07) is 10.8. The normalized spacial score (nSPS) is 25.5. The van der Waals surface area contributed by atoms with Gasteiger partial charge in [-0.15, -0.1) is 0 Å². The number of aryl methyl sites for hydroxylation is 3. The number of imide groups is 1. The molecule has 0 radical (unpaired) electrons. The number of esters is 1. The lowest BCUT2D eigenvalue weighted by atomic mass is 9.78. The molecule has 7 heteroatoms. The van der Waals surface area contributed by atoms with E-state index in [2.05, 4.69) is 0 Å². The first-order valence-corrected chi connectivity index (χ1v) is 12.4. The minimum absolute atomic E-state index is 0.0168. The molecule has 0 spiro atoms. The third kappa shape index (κ3) is 4.12. The predicted octanol–water partition coefficient (Wildman–Crippen LogP) is 4.27. The summed E-state index contributed by atoms with van der Waals surface area (Å²) in [5.41, 5.74) is 4.08. The van der Waals surface area contributed by atoms with Crippen LogP contribution in [-0.4, -0.2) is 30.2 Å². The predicted molar refractivity (Wildman–Crippen MR) is 136 cm³/mol. The molecule has 5 rings (SSSR count). The molecule has 2 fully saturated rings. The van der Waals surface area contributed by atoms with Crippen LogP contribution in [0, 0.1) is 44.4 Å². The zero-order valence-corrected chi connectivity index (χ0v) is 21.0. The van der Waals surface area contributed by atoms with Crippen LogP contribution in [0.5, 0.6) is 5.75 Å². The smallest absolute Gasteiger partial charge is 0.316 e. The van der Waals surface area contributed by atoms with Gasteiger partial charge >= 0.3 is 5.97 Å². The van der Waals surface area contributed by atoms with Crippen molar-refractivity contribution in [1.82, 2.24) is 0 Å². The van der Waals surface area contributed by atoms with Crippen LogP contribution in [0.1, 0.15) is 36.5 Å². The number of amides is 3. The molecule has 2 aromatic carbocycles. The number of fused-ring (bicyclic) bond motifs is 1. The van der Waals surface area contributed by atoms with Gasteiger partial charge in [0.2, 0.25) is 17.7 Å². The zero-order valence-electron chi connectivity index (χ0n) is 21.0. The Kier molecular flexibility index (Phi) is 6.02. The highest BCUT2D eigenvalue weighted by atomic mass is 16.5. The monoisotopic (exact) mass is 486 g/mol. The van der Waals surface area contributed by atoms with Crippen LogP contribution in [-0.2, 0) is 19.2 Å². The molecule has 186 valence electrons. The van der Waals surface area contributed by atoms with Gasteiger partial charge in [-0.1, -0.05) is 25.1 Å². The average molecular weight is 487 g/mol. The maximum absolute atomic E-state index is 13.1. The Morgan fingerprint density at radius 2 is 1.69 bits per heavy atom. The standard InChI is InChI=1S/C29H30N2O5/c1-16-10-17(2)12-21(11-16)30-15-20(14-25(30)32)29(35)36-22-8-9-24(19(4)13-22)31-27(33)23-7-5-6-18(3)26(23)28(31)34/h5-6,8-13,18,20,23,26H,7,14-15H2,1-4H3/t18-,20+,23+,26-/m0/s1. The fourth-order valence-electron chi connectivity index (χ4n) is 5.75. The minimum Gasteiger partial charge on any atom is -0.426 e. The van der Waals surface area contributed by atoms with Gasteiger partial charge in [-0.25, -0.2) is 4.90 Å². The van der Waals surface area contributed by atoms with Crippen molar-refractivity contribution < 1.29 is 23.9 Å². The second-order valence-electron chi connectivity index (χ2n) is 10.3. The third-order valence-electron chi connectivity index (χ3n) is 7.48. The number of allylic oxidation sites excluding steroid dienone is 2. The Bertz CT molecular complexity index is 1290. The lowest BCUT2D eigenvalue weighted by Gasteiger charge is -2.22. The van der Waals surface area contributed by atoms with Gasteiger partial charge in [0.05, 0.1) is 23.4 Å². The molecule has 0 unspecified atom stereocenters. The van der Waals surface area contributed by atoms with Crippen LogP contribution in [0.2, 0.25) is 0 Å². The number of carbonyl (C=O) groups is 4. The molecule has 4 atom stereocenters. The van der Waals surface area contributed by atoms with Crippen LogP contribution >= 0.6 is 0 Å². The van der Waals surface area contributed by atoms with Crippen molar-refractivity contribution in [2.75, 3.05) is 16.3 Å². The second-order valence-corrected chi connectivity index (χ2v) is 10.3. The molecule has 3 amide bonds. The summed E-state index contributed by atoms with van der Waals surface area (Å²) in [4.78, 5) is 54.7. The molecule has 0 bridgehead atoms. The van der Waals surface area contributed by atoms with Crippen LogP contribution < -0.4 is 14.5 Å². The molecular formula is C29H30N2O5. The first-order chi connectivity index (χ1) is 17.1. The third-order valence-corrected chi connectivity index (χ3v) is 7.48. The summed E-state index contributed by atoms with van der Waals surface area (Å²) in [6.45, 7) is 7.97. The fraction of sp³-hybridized carbons (Fsp3) is 0.379. The number of hydrogen-bond donors (Lipinski definition) is 0. The molecule has 2 aromatic rings. The van der Waals surface area contributed by atoms with Gasteiger partial charge in [0.25, 0.3) is 0 Å². The number of rotatable bonds is 4. The molecule has 2 aliphatic heterocycles. The van der Waals surface area contributed by atoms with E-state index < -0.39 is 11.9 Å². The van der Waals surface area contributed by atoms with Gasteiger partial charge in [-0.3, -0.25) is 19.2 Å². The van der Waals surface area contributed by atoms with Crippen LogP contribution in [0.25, 0.3) is 0 Å². The van der Waals surface area contributed by atoms with E-state index in [4.69, 9.17) is 4.74 Å². The summed E-state index contributed by atoms with van der Waals surface area (Å²) in [5, 5.41) is 0. The van der Waals surface area contributed by atoms with E-state index in [-0.39, 0.29) is 48.4 Å². The molecule has 2 saturated heterocycles. The molecule has 0 saturated carbocycles. The lowest BCUT2D eigenvalue weighted by Crippen LogP contribution is -2.32. The van der Waals surface area contributed by atoms with E-state index in [1.807, 2.05) is 51.1 Å². The largest absolute Gasteiger partial charge is 0.426 e. The van der Waals surface area contributed by atoms with Crippen molar-refractivity contribution >= 4 is 35.1 Å². The molecule has 1 aliphatic carbocycles. The van der Waals surface area contributed by atoms with E-state index >= 15 is 0 Å². The van der Waals surface area contributed by atoms with Gasteiger partial charge in [0, 0.05) is 18.7 Å². The first-order valence-electron chi connectivity index (χ1n) is 12.4. The van der Waals surface area contributed by atoms with Crippen LogP contribution in [0.15, 0.2) is 48.6 Å². The van der Waals surface area contributed by atoms with E-state index in [9.17, 15) is 19.2 Å². The molecule has 2 heterocycles. The number of carbonyl (C=O) groups excluding carboxylic acids is 4. The maximum atomic E-state index is 13.1. The van der Waals surface area contributed by atoms with E-state index in [1.165, 1.54) is 4.90 Å². The Morgan fingerprint density at radius 3 is 2.36 bits per heavy atom. The highest BCUT2D eigenvalue weighted by Gasteiger charge is 2.50. The van der Waals surface area contributed by atoms with Crippen molar-refractivity contribution in [2.45, 2.75) is 40.5 Å². The summed E-state index contributed by atoms with van der Waals surface area (Å²) in [7, 11) is 0. The lowest BCUT2D eigenvalue weighted by molar-refractivity contribution is -0.139. The average Bonchev–Trinajstić information content (AvgIpc) is 3.32. The summed E-state index contributed by atoms with van der Waals surface area (Å²) in [6.07, 6.45) is 4.64. The molecule has 7 nitrogen and oxygen atoms in total. The summed E-state index contributed by atoms with van der Waals surface area (Å²) >= 11 is 0. The molecule has 36 heavy (non-hydrogen) atoms. The number of anilines is 2. The van der Waals surface area contributed by atoms with Gasteiger partial charge in [0.15, 0.2) is 0 Å². The topological polar surface area (TPSA) is 84.0 Å². The highest BCUT2D eigenvalue weighted by molar-refractivity contribution is 6.22. The Labute approximate surface area is 210 Å². The fourth-order valence-corrected chi connectivity index (χ4v) is 5.75. The Hall–Kier alpha value is -3.74. The van der Waals surface area contributed by atoms with Crippen molar-refractivity contribution in [2.24, 2.45) is 23.7 Å². The van der Waals surface area contributed by atoms with Crippen LogP contribution in [0.4, 0.5) is 11.4 Å². The number of hydrogen-bond acceptors (Lipinski definition) is 5.